The van der Waals surface area contributed by atoms with E-state index in [4.69, 9.17) is 25.8 Å². The number of morpholine rings is 1. The maximum atomic E-state index is 13.6. The van der Waals surface area contributed by atoms with E-state index in [1.807, 2.05) is 24.0 Å². The highest BCUT2D eigenvalue weighted by atomic mass is 35.5. The van der Waals surface area contributed by atoms with Crippen molar-refractivity contribution in [1.82, 2.24) is 14.9 Å². The van der Waals surface area contributed by atoms with Crippen molar-refractivity contribution in [2.45, 2.75) is 44.8 Å². The van der Waals surface area contributed by atoms with Crippen molar-refractivity contribution in [2.24, 2.45) is 0 Å². The van der Waals surface area contributed by atoms with Crippen LogP contribution in [0.2, 0.25) is 5.02 Å². The van der Waals surface area contributed by atoms with E-state index in [1.54, 1.807) is 6.07 Å². The largest absolute Gasteiger partial charge is 0.488 e. The molecule has 190 valence electrons. The summed E-state index contributed by atoms with van der Waals surface area (Å²) in [6, 6.07) is 8.13. The van der Waals surface area contributed by atoms with Gasteiger partial charge >= 0.3 is 5.97 Å². The van der Waals surface area contributed by atoms with Crippen LogP contribution in [0.5, 0.6) is 11.5 Å². The fourth-order valence-electron chi connectivity index (χ4n) is 4.63. The number of hydrogen-bond acceptors (Lipinski definition) is 8. The minimum absolute atomic E-state index is 0.0190. The van der Waals surface area contributed by atoms with Crippen LogP contribution in [0.1, 0.15) is 32.6 Å². The van der Waals surface area contributed by atoms with Gasteiger partial charge in [0.1, 0.15) is 30.7 Å². The molecule has 0 spiro atoms. The second-order valence-electron chi connectivity index (χ2n) is 9.20. The van der Waals surface area contributed by atoms with Gasteiger partial charge in [-0.25, -0.2) is 14.4 Å². The number of carbonyl (C=O) groups is 1. The maximum Gasteiger partial charge on any atom is 0.320 e. The van der Waals surface area contributed by atoms with Gasteiger partial charge in [0.2, 0.25) is 0 Å². The third-order valence-corrected chi connectivity index (χ3v) is 6.63. The SMILES string of the molecule is C[C@H]1CN(CCOc2cc3c(Nc4ccc(F)c(Cl)c4)ncnc3cc2OC2CCCC2)CC(=O)O1. The maximum absolute atomic E-state index is 13.6. The lowest BCUT2D eigenvalue weighted by molar-refractivity contribution is -0.157. The standard InChI is InChI=1S/C26H28ClFN4O4/c1-16-13-32(14-25(33)35-16)8-9-34-23-11-19-22(12-24(23)36-18-4-2-3-5-18)29-15-30-26(19)31-17-6-7-21(28)20(27)10-17/h6-7,10-12,15-16,18H,2-5,8-9,13-14H2,1H3,(H,29,30,31)/t16-/m0/s1. The molecule has 1 saturated heterocycles. The summed E-state index contributed by atoms with van der Waals surface area (Å²) in [4.78, 5) is 22.6. The summed E-state index contributed by atoms with van der Waals surface area (Å²) >= 11 is 5.95. The second-order valence-corrected chi connectivity index (χ2v) is 9.61. The van der Waals surface area contributed by atoms with E-state index in [-0.39, 0.29) is 29.7 Å². The van der Waals surface area contributed by atoms with E-state index in [9.17, 15) is 9.18 Å². The summed E-state index contributed by atoms with van der Waals surface area (Å²) in [5.41, 5.74) is 1.29. The summed E-state index contributed by atoms with van der Waals surface area (Å²) in [7, 11) is 0. The van der Waals surface area contributed by atoms with Crippen molar-refractivity contribution in [1.29, 1.82) is 0 Å². The number of cyclic esters (lactones) is 1. The van der Waals surface area contributed by atoms with Crippen LogP contribution >= 0.6 is 11.6 Å². The first-order valence-corrected chi connectivity index (χ1v) is 12.5. The predicted octanol–water partition coefficient (Wildman–Crippen LogP) is 5.11. The molecule has 2 fully saturated rings. The second kappa shape index (κ2) is 10.8. The number of nitrogens with one attached hydrogen (secondary N) is 1. The van der Waals surface area contributed by atoms with E-state index in [2.05, 4.69) is 15.3 Å². The van der Waals surface area contributed by atoms with Crippen molar-refractivity contribution < 1.29 is 23.4 Å². The molecule has 0 amide bonds. The third kappa shape index (κ3) is 5.79. The van der Waals surface area contributed by atoms with Gasteiger partial charge in [-0.15, -0.1) is 0 Å². The number of benzene rings is 2. The van der Waals surface area contributed by atoms with Crippen molar-refractivity contribution in [3.63, 3.8) is 0 Å². The molecule has 0 bridgehead atoms. The molecule has 1 atom stereocenters. The van der Waals surface area contributed by atoms with Crippen LogP contribution in [0.25, 0.3) is 10.9 Å². The fraction of sp³-hybridized carbons (Fsp3) is 0.423. The lowest BCUT2D eigenvalue weighted by Gasteiger charge is -2.30. The van der Waals surface area contributed by atoms with Gasteiger partial charge in [0.25, 0.3) is 0 Å². The van der Waals surface area contributed by atoms with Crippen molar-refractivity contribution in [2.75, 3.05) is 31.6 Å². The molecule has 3 aromatic rings. The number of ether oxygens (including phenoxy) is 3. The fourth-order valence-corrected chi connectivity index (χ4v) is 4.81. The Morgan fingerprint density at radius 2 is 2.03 bits per heavy atom. The van der Waals surface area contributed by atoms with Crippen LogP contribution in [0.15, 0.2) is 36.7 Å². The Kier molecular flexibility index (Phi) is 7.38. The number of esters is 1. The Morgan fingerprint density at radius 3 is 2.81 bits per heavy atom. The Morgan fingerprint density at radius 1 is 1.19 bits per heavy atom. The lowest BCUT2D eigenvalue weighted by Crippen LogP contribution is -2.45. The molecule has 2 aromatic carbocycles. The van der Waals surface area contributed by atoms with E-state index in [0.717, 1.165) is 31.1 Å². The highest BCUT2D eigenvalue weighted by Gasteiger charge is 2.24. The van der Waals surface area contributed by atoms with E-state index < -0.39 is 5.82 Å². The predicted molar refractivity (Wildman–Crippen MR) is 135 cm³/mol. The first-order chi connectivity index (χ1) is 17.4. The molecular weight excluding hydrogens is 487 g/mol. The highest BCUT2D eigenvalue weighted by Crippen LogP contribution is 2.37. The zero-order valence-electron chi connectivity index (χ0n) is 20.0. The molecule has 0 radical (unpaired) electrons. The summed E-state index contributed by atoms with van der Waals surface area (Å²) in [6.07, 6.45) is 5.77. The molecule has 1 aliphatic heterocycles. The van der Waals surface area contributed by atoms with Gasteiger partial charge in [0.15, 0.2) is 11.5 Å². The molecule has 5 rings (SSSR count). The van der Waals surface area contributed by atoms with Gasteiger partial charge in [-0.2, -0.15) is 0 Å². The van der Waals surface area contributed by atoms with Gasteiger partial charge in [-0.3, -0.25) is 9.69 Å². The normalized spacial score (nSPS) is 18.9. The van der Waals surface area contributed by atoms with E-state index in [0.29, 0.717) is 48.2 Å². The number of nitrogens with zero attached hydrogens (tertiary/aromatic N) is 3. The van der Waals surface area contributed by atoms with Gasteiger partial charge < -0.3 is 19.5 Å². The van der Waals surface area contributed by atoms with Crippen molar-refractivity contribution in [3.8, 4) is 11.5 Å². The third-order valence-electron chi connectivity index (χ3n) is 6.34. The Balaban J connectivity index is 1.40. The molecule has 2 heterocycles. The quantitative estimate of drug-likeness (QED) is 0.415. The molecule has 0 unspecified atom stereocenters. The van der Waals surface area contributed by atoms with Gasteiger partial charge in [0.05, 0.1) is 23.2 Å². The number of hydrogen-bond donors (Lipinski definition) is 1. The zero-order valence-corrected chi connectivity index (χ0v) is 20.8. The molecule has 1 N–H and O–H groups in total. The summed E-state index contributed by atoms with van der Waals surface area (Å²) in [5.74, 6) is 1.04. The number of halogens is 2. The lowest BCUT2D eigenvalue weighted by atomic mass is 10.2. The average Bonchev–Trinajstić information content (AvgIpc) is 3.35. The summed E-state index contributed by atoms with van der Waals surface area (Å²) in [6.45, 7) is 3.74. The average molecular weight is 515 g/mol. The smallest absolute Gasteiger partial charge is 0.320 e. The van der Waals surface area contributed by atoms with Crippen molar-refractivity contribution >= 4 is 40.0 Å². The molecule has 2 aliphatic rings. The highest BCUT2D eigenvalue weighted by molar-refractivity contribution is 6.31. The van der Waals surface area contributed by atoms with Gasteiger partial charge in [-0.1, -0.05) is 11.6 Å². The monoisotopic (exact) mass is 514 g/mol. The Hall–Kier alpha value is -3.17. The molecule has 8 nitrogen and oxygen atoms in total. The number of carbonyl (C=O) groups excluding carboxylic acids is 1. The topological polar surface area (TPSA) is 85.8 Å². The molecular formula is C26H28ClFN4O4. The summed E-state index contributed by atoms with van der Waals surface area (Å²) < 4.78 is 31.3. The van der Waals surface area contributed by atoms with E-state index in [1.165, 1.54) is 18.5 Å². The molecule has 1 aliphatic carbocycles. The van der Waals surface area contributed by atoms with Crippen molar-refractivity contribution in [3.05, 3.63) is 47.5 Å². The van der Waals surface area contributed by atoms with E-state index >= 15 is 0 Å². The van der Waals surface area contributed by atoms with Crippen LogP contribution in [0, 0.1) is 5.82 Å². The first-order valence-electron chi connectivity index (χ1n) is 12.2. The Bertz CT molecular complexity index is 1250. The summed E-state index contributed by atoms with van der Waals surface area (Å²) in [5, 5.41) is 3.94. The minimum Gasteiger partial charge on any atom is -0.488 e. The number of rotatable bonds is 8. The van der Waals surface area contributed by atoms with Crippen LogP contribution in [0.3, 0.4) is 0 Å². The number of aromatic nitrogens is 2. The van der Waals surface area contributed by atoms with Crippen LogP contribution in [0.4, 0.5) is 15.9 Å². The molecule has 36 heavy (non-hydrogen) atoms. The van der Waals surface area contributed by atoms with Crippen LogP contribution < -0.4 is 14.8 Å². The minimum atomic E-state index is -0.490. The number of fused-ring (bicyclic) bond motifs is 1. The first kappa shape index (κ1) is 24.5. The van der Waals surface area contributed by atoms with Gasteiger partial charge in [-0.05, 0) is 56.9 Å². The van der Waals surface area contributed by atoms with Crippen LogP contribution in [-0.4, -0.2) is 59.3 Å². The molecule has 1 saturated carbocycles. The zero-order chi connectivity index (χ0) is 25.1. The molecule has 10 heteroatoms. The van der Waals surface area contributed by atoms with Gasteiger partial charge in [0, 0.05) is 30.2 Å². The van der Waals surface area contributed by atoms with Crippen LogP contribution in [-0.2, 0) is 9.53 Å². The molecule has 1 aromatic heterocycles. The number of anilines is 2. The Labute approximate surface area is 213 Å².